The van der Waals surface area contributed by atoms with Gasteiger partial charge in [0.25, 0.3) is 11.8 Å². The molecule has 3 rings (SSSR count). The molecule has 4 nitrogen and oxygen atoms in total. The Balaban J connectivity index is 1.72. The summed E-state index contributed by atoms with van der Waals surface area (Å²) in [4.78, 5) is 26.4. The number of hydrogen-bond donors (Lipinski definition) is 2. The summed E-state index contributed by atoms with van der Waals surface area (Å²) in [5.41, 5.74) is 2.97. The van der Waals surface area contributed by atoms with Gasteiger partial charge in [-0.2, -0.15) is 0 Å². The molecule has 5 heteroatoms. The smallest absolute Gasteiger partial charge is 0.267 e. The van der Waals surface area contributed by atoms with E-state index in [1.54, 1.807) is 18.2 Å². The fourth-order valence-corrected chi connectivity index (χ4v) is 3.47. The summed E-state index contributed by atoms with van der Waals surface area (Å²) >= 11 is 1.51. The highest BCUT2D eigenvalue weighted by Crippen LogP contribution is 2.15. The van der Waals surface area contributed by atoms with Crippen LogP contribution in [0.25, 0.3) is 6.08 Å². The molecule has 0 spiro atoms. The van der Waals surface area contributed by atoms with Crippen molar-refractivity contribution in [3.63, 3.8) is 0 Å². The lowest BCUT2D eigenvalue weighted by Crippen LogP contribution is -2.36. The molecule has 1 unspecified atom stereocenters. The van der Waals surface area contributed by atoms with Gasteiger partial charge in [-0.25, -0.2) is 0 Å². The normalized spacial score (nSPS) is 12.3. The Bertz CT molecular complexity index is 977. The fraction of sp³-hybridized carbons (Fsp3) is 0.167. The maximum Gasteiger partial charge on any atom is 0.267 e. The average Bonchev–Trinajstić information content (AvgIpc) is 3.25. The first-order valence-electron chi connectivity index (χ1n) is 9.49. The maximum absolute atomic E-state index is 12.8. The van der Waals surface area contributed by atoms with E-state index in [1.165, 1.54) is 11.3 Å². The lowest BCUT2D eigenvalue weighted by molar-refractivity contribution is -0.117. The Morgan fingerprint density at radius 1 is 1.00 bits per heavy atom. The van der Waals surface area contributed by atoms with Crippen molar-refractivity contribution in [1.82, 2.24) is 10.6 Å². The van der Waals surface area contributed by atoms with Gasteiger partial charge in [0.1, 0.15) is 5.70 Å². The Morgan fingerprint density at radius 3 is 2.38 bits per heavy atom. The van der Waals surface area contributed by atoms with E-state index in [4.69, 9.17) is 0 Å². The van der Waals surface area contributed by atoms with Crippen LogP contribution in [-0.2, 0) is 4.79 Å². The van der Waals surface area contributed by atoms with Crippen LogP contribution < -0.4 is 10.6 Å². The quantitative estimate of drug-likeness (QED) is 0.559. The molecular formula is C24H24N2O2S. The van der Waals surface area contributed by atoms with Gasteiger partial charge >= 0.3 is 0 Å². The van der Waals surface area contributed by atoms with Gasteiger partial charge in [-0.05, 0) is 48.1 Å². The predicted octanol–water partition coefficient (Wildman–Crippen LogP) is 4.75. The molecule has 0 saturated carbocycles. The SMILES string of the molecule is Cc1ccc(C(=O)N/C(=C\c2cccs2)C(=O)NCC(C)c2ccccc2)cc1. The van der Waals surface area contributed by atoms with E-state index in [2.05, 4.69) is 17.6 Å². The van der Waals surface area contributed by atoms with E-state index in [-0.39, 0.29) is 23.4 Å². The summed E-state index contributed by atoms with van der Waals surface area (Å²) in [6.45, 7) is 4.50. The summed E-state index contributed by atoms with van der Waals surface area (Å²) in [5, 5.41) is 7.64. The molecule has 0 bridgehead atoms. The van der Waals surface area contributed by atoms with Gasteiger partial charge in [0.2, 0.25) is 0 Å². The molecule has 148 valence electrons. The van der Waals surface area contributed by atoms with Gasteiger partial charge in [0.05, 0.1) is 0 Å². The largest absolute Gasteiger partial charge is 0.350 e. The topological polar surface area (TPSA) is 58.2 Å². The van der Waals surface area contributed by atoms with Crippen molar-refractivity contribution >= 4 is 29.2 Å². The summed E-state index contributed by atoms with van der Waals surface area (Å²) in [6, 6.07) is 21.1. The fourth-order valence-electron chi connectivity index (χ4n) is 2.81. The van der Waals surface area contributed by atoms with Crippen molar-refractivity contribution in [2.45, 2.75) is 19.8 Å². The van der Waals surface area contributed by atoms with Crippen LogP contribution in [0, 0.1) is 6.92 Å². The lowest BCUT2D eigenvalue weighted by atomic mass is 10.0. The van der Waals surface area contributed by atoms with Crippen LogP contribution in [0.15, 0.2) is 77.8 Å². The first-order chi connectivity index (χ1) is 14.0. The monoisotopic (exact) mass is 404 g/mol. The second-order valence-corrected chi connectivity index (χ2v) is 7.89. The highest BCUT2D eigenvalue weighted by Gasteiger charge is 2.16. The number of thiophene rings is 1. The van der Waals surface area contributed by atoms with Crippen molar-refractivity contribution in [3.8, 4) is 0 Å². The Kier molecular flexibility index (Phi) is 6.98. The zero-order valence-electron chi connectivity index (χ0n) is 16.5. The molecule has 0 saturated heterocycles. The van der Waals surface area contributed by atoms with Crippen molar-refractivity contribution in [3.05, 3.63) is 99.4 Å². The molecular weight excluding hydrogens is 380 g/mol. The molecule has 3 aromatic rings. The van der Waals surface area contributed by atoms with Crippen LogP contribution in [0.5, 0.6) is 0 Å². The highest BCUT2D eigenvalue weighted by atomic mass is 32.1. The number of rotatable bonds is 7. The number of benzene rings is 2. The number of carbonyl (C=O) groups is 2. The average molecular weight is 405 g/mol. The molecule has 1 heterocycles. The molecule has 2 amide bonds. The van der Waals surface area contributed by atoms with Gasteiger partial charge in [-0.15, -0.1) is 11.3 Å². The first kappa shape index (κ1) is 20.6. The summed E-state index contributed by atoms with van der Waals surface area (Å²) < 4.78 is 0. The van der Waals surface area contributed by atoms with Gasteiger partial charge < -0.3 is 10.6 Å². The molecule has 2 N–H and O–H groups in total. The van der Waals surface area contributed by atoms with Crippen molar-refractivity contribution in [2.75, 3.05) is 6.54 Å². The minimum absolute atomic E-state index is 0.163. The maximum atomic E-state index is 12.8. The minimum atomic E-state index is -0.306. The Hall–Kier alpha value is -3.18. The standard InChI is InChI=1S/C24H24N2O2S/c1-17-10-12-20(13-11-17)23(27)26-22(15-21-9-6-14-29-21)24(28)25-16-18(2)19-7-4-3-5-8-19/h3-15,18H,16H2,1-2H3,(H,25,28)(H,26,27)/b22-15-. The van der Waals surface area contributed by atoms with Crippen LogP contribution in [-0.4, -0.2) is 18.4 Å². The molecule has 0 aliphatic heterocycles. The van der Waals surface area contributed by atoms with Crippen LogP contribution in [0.2, 0.25) is 0 Å². The van der Waals surface area contributed by atoms with E-state index >= 15 is 0 Å². The zero-order chi connectivity index (χ0) is 20.6. The number of hydrogen-bond acceptors (Lipinski definition) is 3. The second kappa shape index (κ2) is 9.85. The number of carbonyl (C=O) groups excluding carboxylic acids is 2. The first-order valence-corrected chi connectivity index (χ1v) is 10.4. The second-order valence-electron chi connectivity index (χ2n) is 6.92. The van der Waals surface area contributed by atoms with E-state index in [1.807, 2.05) is 66.9 Å². The summed E-state index contributed by atoms with van der Waals surface area (Å²) in [5.74, 6) is -0.448. The van der Waals surface area contributed by atoms with Crippen molar-refractivity contribution in [1.29, 1.82) is 0 Å². The van der Waals surface area contributed by atoms with Gasteiger partial charge in [-0.3, -0.25) is 9.59 Å². The van der Waals surface area contributed by atoms with Crippen molar-refractivity contribution in [2.24, 2.45) is 0 Å². The zero-order valence-corrected chi connectivity index (χ0v) is 17.3. The van der Waals surface area contributed by atoms with E-state index in [0.717, 1.165) is 16.0 Å². The minimum Gasteiger partial charge on any atom is -0.350 e. The molecule has 0 aliphatic rings. The van der Waals surface area contributed by atoms with E-state index in [9.17, 15) is 9.59 Å². The van der Waals surface area contributed by atoms with E-state index in [0.29, 0.717) is 12.1 Å². The third kappa shape index (κ3) is 5.90. The van der Waals surface area contributed by atoms with Gasteiger partial charge in [0.15, 0.2) is 0 Å². The number of aryl methyl sites for hydroxylation is 1. The number of amides is 2. The van der Waals surface area contributed by atoms with Crippen LogP contribution in [0.4, 0.5) is 0 Å². The predicted molar refractivity (Wildman–Crippen MR) is 119 cm³/mol. The van der Waals surface area contributed by atoms with Gasteiger partial charge in [-0.1, -0.05) is 61.0 Å². The summed E-state index contributed by atoms with van der Waals surface area (Å²) in [7, 11) is 0. The Labute approximate surface area is 175 Å². The van der Waals surface area contributed by atoms with Crippen LogP contribution >= 0.6 is 11.3 Å². The van der Waals surface area contributed by atoms with E-state index < -0.39 is 0 Å². The Morgan fingerprint density at radius 2 is 1.72 bits per heavy atom. The van der Waals surface area contributed by atoms with Crippen LogP contribution in [0.1, 0.15) is 39.2 Å². The molecule has 1 aromatic heterocycles. The summed E-state index contributed by atoms with van der Waals surface area (Å²) in [6.07, 6.45) is 1.71. The third-order valence-electron chi connectivity index (χ3n) is 4.57. The molecule has 0 fully saturated rings. The molecule has 0 radical (unpaired) electrons. The molecule has 2 aromatic carbocycles. The van der Waals surface area contributed by atoms with Gasteiger partial charge in [0, 0.05) is 17.0 Å². The molecule has 0 aliphatic carbocycles. The third-order valence-corrected chi connectivity index (χ3v) is 5.39. The lowest BCUT2D eigenvalue weighted by Gasteiger charge is -2.15. The molecule has 29 heavy (non-hydrogen) atoms. The highest BCUT2D eigenvalue weighted by molar-refractivity contribution is 7.10. The van der Waals surface area contributed by atoms with Crippen molar-refractivity contribution < 1.29 is 9.59 Å². The van der Waals surface area contributed by atoms with Crippen LogP contribution in [0.3, 0.4) is 0 Å². The molecule has 1 atom stereocenters. The number of nitrogens with one attached hydrogen (secondary N) is 2.